The average molecular weight is 456 g/mol. The lowest BCUT2D eigenvalue weighted by Gasteiger charge is -2.34. The minimum atomic E-state index is -2.56. The van der Waals surface area contributed by atoms with E-state index in [-0.39, 0.29) is 37.8 Å². The molecule has 7 nitrogen and oxygen atoms in total. The summed E-state index contributed by atoms with van der Waals surface area (Å²) < 4.78 is 39.0. The summed E-state index contributed by atoms with van der Waals surface area (Å²) in [4.78, 5) is 25.1. The first-order chi connectivity index (χ1) is 15.7. The number of Topliss-reactive ketones (excluding diaryl/α,β-unsaturated/α-hetero) is 1. The molecule has 0 saturated heterocycles. The second-order valence-corrected chi connectivity index (χ2v) is 8.47. The standard InChI is InChI=1S/C24H26F2N4O3/c1-15-11-30(14-27-15)21-5-4-17(6-22(21)32-3)7-23-28-19(8-20(29-23)16(2)31)13-33-12-18-9-24(25,26)10-18/h4-6,8,11,14,18H,7,9-10,12-13H2,1-3H3. The lowest BCUT2D eigenvalue weighted by molar-refractivity contribution is -0.129. The number of carbonyl (C=O) groups excluding carboxylic acids is 1. The average Bonchev–Trinajstić information content (AvgIpc) is 3.18. The van der Waals surface area contributed by atoms with Gasteiger partial charge in [-0.25, -0.2) is 23.7 Å². The van der Waals surface area contributed by atoms with Crippen molar-refractivity contribution >= 4 is 5.78 Å². The number of aryl methyl sites for hydroxylation is 1. The van der Waals surface area contributed by atoms with E-state index in [4.69, 9.17) is 9.47 Å². The number of ketones is 1. The fourth-order valence-electron chi connectivity index (χ4n) is 3.90. The lowest BCUT2D eigenvalue weighted by Crippen LogP contribution is -2.37. The lowest BCUT2D eigenvalue weighted by atomic mass is 9.82. The maximum absolute atomic E-state index is 13.0. The molecule has 1 fully saturated rings. The zero-order valence-electron chi connectivity index (χ0n) is 18.8. The van der Waals surface area contributed by atoms with Gasteiger partial charge in [-0.1, -0.05) is 6.07 Å². The van der Waals surface area contributed by atoms with E-state index in [1.807, 2.05) is 35.9 Å². The fourth-order valence-corrected chi connectivity index (χ4v) is 3.90. The molecule has 1 aliphatic rings. The van der Waals surface area contributed by atoms with Crippen molar-refractivity contribution in [1.82, 2.24) is 19.5 Å². The third-order valence-electron chi connectivity index (χ3n) is 5.56. The maximum atomic E-state index is 13.0. The number of aromatic nitrogens is 4. The Morgan fingerprint density at radius 2 is 2.03 bits per heavy atom. The topological polar surface area (TPSA) is 79.1 Å². The zero-order valence-corrected chi connectivity index (χ0v) is 18.8. The van der Waals surface area contributed by atoms with Crippen LogP contribution < -0.4 is 4.74 Å². The van der Waals surface area contributed by atoms with Gasteiger partial charge in [-0.15, -0.1) is 0 Å². The monoisotopic (exact) mass is 456 g/mol. The Kier molecular flexibility index (Phi) is 6.51. The summed E-state index contributed by atoms with van der Waals surface area (Å²) in [5, 5.41) is 0. The van der Waals surface area contributed by atoms with Gasteiger partial charge in [0.1, 0.15) is 17.3 Å². The molecule has 0 aliphatic heterocycles. The van der Waals surface area contributed by atoms with E-state index in [1.54, 1.807) is 19.5 Å². The van der Waals surface area contributed by atoms with Gasteiger partial charge in [-0.3, -0.25) is 4.79 Å². The molecule has 9 heteroatoms. The maximum Gasteiger partial charge on any atom is 0.248 e. The summed E-state index contributed by atoms with van der Waals surface area (Å²) in [5.41, 5.74) is 3.52. The van der Waals surface area contributed by atoms with Crippen LogP contribution in [0.2, 0.25) is 0 Å². The number of alkyl halides is 2. The normalized spacial score (nSPS) is 15.3. The summed E-state index contributed by atoms with van der Waals surface area (Å²) >= 11 is 0. The Labute approximate surface area is 190 Å². The molecular weight excluding hydrogens is 430 g/mol. The number of carbonyl (C=O) groups is 1. The van der Waals surface area contributed by atoms with Crippen molar-refractivity contribution in [1.29, 1.82) is 0 Å². The van der Waals surface area contributed by atoms with E-state index in [2.05, 4.69) is 15.0 Å². The van der Waals surface area contributed by atoms with Crippen molar-refractivity contribution in [2.75, 3.05) is 13.7 Å². The van der Waals surface area contributed by atoms with Crippen molar-refractivity contribution < 1.29 is 23.0 Å². The molecule has 2 heterocycles. The van der Waals surface area contributed by atoms with Crippen molar-refractivity contribution in [2.24, 2.45) is 5.92 Å². The number of halogens is 2. The second-order valence-electron chi connectivity index (χ2n) is 8.47. The summed E-state index contributed by atoms with van der Waals surface area (Å²) in [6.07, 6.45) is 3.74. The number of methoxy groups -OCH3 is 1. The molecule has 0 spiro atoms. The Bertz CT molecular complexity index is 1150. The first-order valence-corrected chi connectivity index (χ1v) is 10.7. The third kappa shape index (κ3) is 5.60. The highest BCUT2D eigenvalue weighted by Gasteiger charge is 2.45. The van der Waals surface area contributed by atoms with Crippen LogP contribution in [0.3, 0.4) is 0 Å². The smallest absolute Gasteiger partial charge is 0.248 e. The van der Waals surface area contributed by atoms with Gasteiger partial charge in [0.15, 0.2) is 5.78 Å². The number of hydrogen-bond acceptors (Lipinski definition) is 6. The van der Waals surface area contributed by atoms with Gasteiger partial charge in [0.05, 0.1) is 43.7 Å². The largest absolute Gasteiger partial charge is 0.495 e. The number of benzene rings is 1. The molecule has 0 atom stereocenters. The minimum absolute atomic E-state index is 0.139. The van der Waals surface area contributed by atoms with Crippen molar-refractivity contribution in [3.8, 4) is 11.4 Å². The van der Waals surface area contributed by atoms with Crippen LogP contribution in [-0.2, 0) is 17.8 Å². The molecule has 1 saturated carbocycles. The van der Waals surface area contributed by atoms with Crippen molar-refractivity contribution in [3.05, 3.63) is 65.3 Å². The SMILES string of the molecule is COc1cc(Cc2nc(COCC3CC(F)(F)C3)cc(C(C)=O)n2)ccc1-n1cnc(C)c1. The van der Waals surface area contributed by atoms with Gasteiger partial charge in [-0.2, -0.15) is 0 Å². The van der Waals surface area contributed by atoms with E-state index in [9.17, 15) is 13.6 Å². The summed E-state index contributed by atoms with van der Waals surface area (Å²) in [6.45, 7) is 3.74. The molecule has 4 rings (SSSR count). The predicted octanol–water partition coefficient (Wildman–Crippen LogP) is 4.33. The van der Waals surface area contributed by atoms with Crippen LogP contribution in [0.15, 0.2) is 36.8 Å². The molecule has 2 aromatic heterocycles. The molecule has 3 aromatic rings. The van der Waals surface area contributed by atoms with Gasteiger partial charge in [0, 0.05) is 32.4 Å². The molecule has 0 unspecified atom stereocenters. The molecule has 0 radical (unpaired) electrons. The van der Waals surface area contributed by atoms with E-state index < -0.39 is 5.92 Å². The Morgan fingerprint density at radius 1 is 1.24 bits per heavy atom. The fraction of sp³-hybridized carbons (Fsp3) is 0.417. The van der Waals surface area contributed by atoms with E-state index >= 15 is 0 Å². The quantitative estimate of drug-likeness (QED) is 0.446. The van der Waals surface area contributed by atoms with Crippen LogP contribution in [0.5, 0.6) is 5.75 Å². The second kappa shape index (κ2) is 9.35. The Balaban J connectivity index is 1.49. The van der Waals surface area contributed by atoms with E-state index in [0.29, 0.717) is 29.4 Å². The Morgan fingerprint density at radius 3 is 2.67 bits per heavy atom. The van der Waals surface area contributed by atoms with Crippen molar-refractivity contribution in [3.63, 3.8) is 0 Å². The molecule has 0 amide bonds. The van der Waals surface area contributed by atoms with E-state index in [0.717, 1.165) is 16.9 Å². The van der Waals surface area contributed by atoms with Crippen LogP contribution in [0.1, 0.15) is 53.0 Å². The number of nitrogens with zero attached hydrogens (tertiary/aromatic N) is 4. The van der Waals surface area contributed by atoms with Crippen LogP contribution in [0, 0.1) is 12.8 Å². The number of rotatable bonds is 9. The van der Waals surface area contributed by atoms with Crippen LogP contribution in [-0.4, -0.2) is 44.9 Å². The highest BCUT2D eigenvalue weighted by Crippen LogP contribution is 2.42. The molecule has 33 heavy (non-hydrogen) atoms. The third-order valence-corrected chi connectivity index (χ3v) is 5.56. The van der Waals surface area contributed by atoms with Crippen molar-refractivity contribution in [2.45, 2.75) is 45.6 Å². The molecular formula is C24H26F2N4O3. The molecule has 0 N–H and O–H groups in total. The van der Waals surface area contributed by atoms with Gasteiger partial charge >= 0.3 is 0 Å². The first-order valence-electron chi connectivity index (χ1n) is 10.7. The number of hydrogen-bond donors (Lipinski definition) is 0. The molecule has 0 bridgehead atoms. The van der Waals surface area contributed by atoms with Gasteiger partial charge in [0.25, 0.3) is 0 Å². The van der Waals surface area contributed by atoms with Crippen LogP contribution in [0.4, 0.5) is 8.78 Å². The Hall–Kier alpha value is -3.20. The summed E-state index contributed by atoms with van der Waals surface area (Å²) in [7, 11) is 1.60. The minimum Gasteiger partial charge on any atom is -0.495 e. The summed E-state index contributed by atoms with van der Waals surface area (Å²) in [6, 6.07) is 7.38. The van der Waals surface area contributed by atoms with Crippen LogP contribution in [0.25, 0.3) is 5.69 Å². The molecule has 174 valence electrons. The van der Waals surface area contributed by atoms with Gasteiger partial charge in [0.2, 0.25) is 5.92 Å². The first kappa shape index (κ1) is 23.0. The zero-order chi connectivity index (χ0) is 23.6. The van der Waals surface area contributed by atoms with E-state index in [1.165, 1.54) is 6.92 Å². The number of ether oxygens (including phenoxy) is 2. The predicted molar refractivity (Wildman–Crippen MR) is 117 cm³/mol. The summed E-state index contributed by atoms with van der Waals surface area (Å²) in [5.74, 6) is -1.73. The van der Waals surface area contributed by atoms with Crippen LogP contribution >= 0.6 is 0 Å². The van der Waals surface area contributed by atoms with Gasteiger partial charge in [-0.05, 0) is 36.6 Å². The molecule has 1 aromatic carbocycles. The molecule has 1 aliphatic carbocycles. The number of imidazole rings is 1. The highest BCUT2D eigenvalue weighted by atomic mass is 19.3. The van der Waals surface area contributed by atoms with Gasteiger partial charge < -0.3 is 14.0 Å². The highest BCUT2D eigenvalue weighted by molar-refractivity contribution is 5.92.